The van der Waals surface area contributed by atoms with Crippen molar-refractivity contribution in [3.05, 3.63) is 56.2 Å². The molecule has 0 saturated carbocycles. The van der Waals surface area contributed by atoms with Crippen molar-refractivity contribution in [1.29, 1.82) is 0 Å². The molecule has 0 aliphatic heterocycles. The lowest BCUT2D eigenvalue weighted by Gasteiger charge is -2.23. The van der Waals surface area contributed by atoms with E-state index in [-0.39, 0.29) is 11.9 Å². The summed E-state index contributed by atoms with van der Waals surface area (Å²) in [6, 6.07) is 9.84. The van der Waals surface area contributed by atoms with Gasteiger partial charge in [0.15, 0.2) is 0 Å². The molecule has 19 heavy (non-hydrogen) atoms. The Morgan fingerprint density at radius 2 is 2.16 bits per heavy atom. The molecule has 0 spiro atoms. The molecular formula is C15H14BrNOS. The van der Waals surface area contributed by atoms with Crippen molar-refractivity contribution in [2.45, 2.75) is 25.3 Å². The fourth-order valence-corrected chi connectivity index (χ4v) is 3.97. The smallest absolute Gasteiger partial charge is 0.252 e. The molecule has 0 bridgehead atoms. The molecule has 1 heterocycles. The predicted octanol–water partition coefficient (Wildman–Crippen LogP) is 4.32. The number of hydrogen-bond acceptors (Lipinski definition) is 2. The number of carbonyl (C=O) groups excluding carboxylic acids is 1. The Morgan fingerprint density at radius 1 is 1.32 bits per heavy atom. The van der Waals surface area contributed by atoms with Crippen LogP contribution in [0.5, 0.6) is 0 Å². The zero-order valence-electron chi connectivity index (χ0n) is 10.4. The van der Waals surface area contributed by atoms with Crippen molar-refractivity contribution in [3.8, 4) is 0 Å². The molecule has 0 fully saturated rings. The summed E-state index contributed by atoms with van der Waals surface area (Å²) in [7, 11) is 0. The van der Waals surface area contributed by atoms with Gasteiger partial charge in [0.1, 0.15) is 0 Å². The van der Waals surface area contributed by atoms with E-state index in [1.165, 1.54) is 10.4 Å². The van der Waals surface area contributed by atoms with Crippen molar-refractivity contribution in [3.63, 3.8) is 0 Å². The van der Waals surface area contributed by atoms with E-state index in [4.69, 9.17) is 0 Å². The molecule has 98 valence electrons. The van der Waals surface area contributed by atoms with E-state index in [9.17, 15) is 4.79 Å². The van der Waals surface area contributed by atoms with Crippen LogP contribution in [0.1, 0.15) is 39.7 Å². The molecule has 4 heteroatoms. The van der Waals surface area contributed by atoms with Gasteiger partial charge in [-0.2, -0.15) is 0 Å². The van der Waals surface area contributed by atoms with Crippen LogP contribution in [0, 0.1) is 0 Å². The topological polar surface area (TPSA) is 29.1 Å². The first kappa shape index (κ1) is 12.9. The molecular weight excluding hydrogens is 322 g/mol. The van der Waals surface area contributed by atoms with Crippen LogP contribution in [0.2, 0.25) is 0 Å². The standard InChI is InChI=1S/C15H14BrNOS/c16-12-5-2-1-4-10(12)15(18)17-13-6-3-7-14-11(13)8-9-19-14/h1-2,4-5,8-9,13H,3,6-7H2,(H,17,18). The highest BCUT2D eigenvalue weighted by Crippen LogP contribution is 2.33. The van der Waals surface area contributed by atoms with Crippen LogP contribution in [0.3, 0.4) is 0 Å². The molecule has 1 unspecified atom stereocenters. The van der Waals surface area contributed by atoms with Crippen molar-refractivity contribution >= 4 is 33.2 Å². The second-order valence-electron chi connectivity index (χ2n) is 4.70. The average Bonchev–Trinajstić information content (AvgIpc) is 2.88. The zero-order valence-corrected chi connectivity index (χ0v) is 12.8. The number of aryl methyl sites for hydroxylation is 1. The van der Waals surface area contributed by atoms with E-state index >= 15 is 0 Å². The summed E-state index contributed by atoms with van der Waals surface area (Å²) in [6.45, 7) is 0. The molecule has 0 radical (unpaired) electrons. The second kappa shape index (κ2) is 5.47. The Kier molecular flexibility index (Phi) is 3.71. The number of thiophene rings is 1. The van der Waals surface area contributed by atoms with Gasteiger partial charge in [-0.3, -0.25) is 4.79 Å². The fraction of sp³-hybridized carbons (Fsp3) is 0.267. The first-order valence-electron chi connectivity index (χ1n) is 6.37. The third kappa shape index (κ3) is 2.60. The van der Waals surface area contributed by atoms with Crippen molar-refractivity contribution in [2.24, 2.45) is 0 Å². The summed E-state index contributed by atoms with van der Waals surface area (Å²) >= 11 is 5.22. The summed E-state index contributed by atoms with van der Waals surface area (Å²) in [4.78, 5) is 13.7. The van der Waals surface area contributed by atoms with Crippen molar-refractivity contribution < 1.29 is 4.79 Å². The molecule has 1 amide bonds. The number of hydrogen-bond donors (Lipinski definition) is 1. The third-order valence-electron chi connectivity index (χ3n) is 3.48. The van der Waals surface area contributed by atoms with Gasteiger partial charge in [0.25, 0.3) is 5.91 Å². The summed E-state index contributed by atoms with van der Waals surface area (Å²) in [5.74, 6) is -0.00322. The molecule has 2 nitrogen and oxygen atoms in total. The molecule has 1 aliphatic carbocycles. The highest BCUT2D eigenvalue weighted by atomic mass is 79.9. The average molecular weight is 336 g/mol. The van der Waals surface area contributed by atoms with Crippen LogP contribution in [0.25, 0.3) is 0 Å². The Hall–Kier alpha value is -1.13. The Labute approximate surface area is 125 Å². The van der Waals surface area contributed by atoms with Crippen LogP contribution < -0.4 is 5.32 Å². The first-order valence-corrected chi connectivity index (χ1v) is 8.04. The molecule has 2 aromatic rings. The van der Waals surface area contributed by atoms with Gasteiger partial charge in [-0.15, -0.1) is 11.3 Å². The number of benzene rings is 1. The van der Waals surface area contributed by atoms with Crippen LogP contribution >= 0.6 is 27.3 Å². The molecule has 1 aromatic carbocycles. The summed E-state index contributed by atoms with van der Waals surface area (Å²) in [5.41, 5.74) is 2.00. The number of carbonyl (C=O) groups is 1. The lowest BCUT2D eigenvalue weighted by Crippen LogP contribution is -2.30. The van der Waals surface area contributed by atoms with E-state index in [1.54, 1.807) is 11.3 Å². The van der Waals surface area contributed by atoms with Crippen molar-refractivity contribution in [2.75, 3.05) is 0 Å². The van der Waals surface area contributed by atoms with E-state index in [1.807, 2.05) is 24.3 Å². The van der Waals surface area contributed by atoms with E-state index in [0.29, 0.717) is 5.56 Å². The first-order chi connectivity index (χ1) is 9.25. The second-order valence-corrected chi connectivity index (χ2v) is 6.55. The largest absolute Gasteiger partial charge is 0.345 e. The fourth-order valence-electron chi connectivity index (χ4n) is 2.52. The number of fused-ring (bicyclic) bond motifs is 1. The molecule has 0 saturated heterocycles. The van der Waals surface area contributed by atoms with Gasteiger partial charge in [0, 0.05) is 9.35 Å². The monoisotopic (exact) mass is 335 g/mol. The maximum atomic E-state index is 12.3. The SMILES string of the molecule is O=C(NC1CCCc2sccc21)c1ccccc1Br. The quantitative estimate of drug-likeness (QED) is 0.870. The Bertz CT molecular complexity index is 608. The summed E-state index contributed by atoms with van der Waals surface area (Å²) < 4.78 is 0.842. The number of halogens is 1. The van der Waals surface area contributed by atoms with Gasteiger partial charge >= 0.3 is 0 Å². The van der Waals surface area contributed by atoms with Gasteiger partial charge in [0.2, 0.25) is 0 Å². The normalized spacial score (nSPS) is 17.8. The van der Waals surface area contributed by atoms with Crippen LogP contribution in [-0.2, 0) is 6.42 Å². The van der Waals surface area contributed by atoms with Gasteiger partial charge in [0.05, 0.1) is 11.6 Å². The number of rotatable bonds is 2. The molecule has 1 atom stereocenters. The Balaban J connectivity index is 1.80. The number of nitrogens with one attached hydrogen (secondary N) is 1. The summed E-state index contributed by atoms with van der Waals surface area (Å²) in [5, 5.41) is 5.27. The van der Waals surface area contributed by atoms with Gasteiger partial charge < -0.3 is 5.32 Å². The van der Waals surface area contributed by atoms with E-state index in [2.05, 4.69) is 32.7 Å². The van der Waals surface area contributed by atoms with Gasteiger partial charge in [-0.05, 0) is 64.3 Å². The van der Waals surface area contributed by atoms with Crippen LogP contribution in [-0.4, -0.2) is 5.91 Å². The third-order valence-corrected chi connectivity index (χ3v) is 5.16. The maximum absolute atomic E-state index is 12.3. The minimum Gasteiger partial charge on any atom is -0.345 e. The van der Waals surface area contributed by atoms with Gasteiger partial charge in [-0.1, -0.05) is 12.1 Å². The maximum Gasteiger partial charge on any atom is 0.252 e. The minimum atomic E-state index is -0.00322. The lowest BCUT2D eigenvalue weighted by molar-refractivity contribution is 0.0932. The molecule has 3 rings (SSSR count). The number of amides is 1. The lowest BCUT2D eigenvalue weighted by atomic mass is 9.94. The predicted molar refractivity (Wildman–Crippen MR) is 81.6 cm³/mol. The zero-order chi connectivity index (χ0) is 13.2. The summed E-state index contributed by atoms with van der Waals surface area (Å²) in [6.07, 6.45) is 3.32. The highest BCUT2D eigenvalue weighted by Gasteiger charge is 2.23. The van der Waals surface area contributed by atoms with E-state index < -0.39 is 0 Å². The molecule has 1 N–H and O–H groups in total. The van der Waals surface area contributed by atoms with Crippen LogP contribution in [0.4, 0.5) is 0 Å². The van der Waals surface area contributed by atoms with Crippen molar-refractivity contribution in [1.82, 2.24) is 5.32 Å². The van der Waals surface area contributed by atoms with E-state index in [0.717, 1.165) is 23.7 Å². The minimum absolute atomic E-state index is 0.00322. The molecule has 1 aliphatic rings. The van der Waals surface area contributed by atoms with Gasteiger partial charge in [-0.25, -0.2) is 0 Å². The Morgan fingerprint density at radius 3 is 3.00 bits per heavy atom. The highest BCUT2D eigenvalue weighted by molar-refractivity contribution is 9.10. The molecule has 1 aromatic heterocycles. The van der Waals surface area contributed by atoms with Crippen LogP contribution in [0.15, 0.2) is 40.2 Å².